The van der Waals surface area contributed by atoms with Gasteiger partial charge in [0.25, 0.3) is 5.91 Å². The van der Waals surface area contributed by atoms with Crippen LogP contribution >= 0.6 is 0 Å². The number of carbonyl (C=O) groups is 2. The van der Waals surface area contributed by atoms with Crippen LogP contribution in [0.4, 0.5) is 4.79 Å². The molecule has 0 fully saturated rings. The number of amides is 3. The van der Waals surface area contributed by atoms with Gasteiger partial charge in [0.15, 0.2) is 0 Å². The van der Waals surface area contributed by atoms with Crippen molar-refractivity contribution in [2.24, 2.45) is 0 Å². The maximum Gasteiger partial charge on any atom is 0.319 e. The Kier molecular flexibility index (Phi) is 3.15. The fraction of sp³-hybridized carbons (Fsp3) is 0.286. The fourth-order valence-corrected chi connectivity index (χ4v) is 2.63. The lowest BCUT2D eigenvalue weighted by molar-refractivity contribution is -0.126. The largest absolute Gasteiger partial charge is 0.395 e. The van der Waals surface area contributed by atoms with Crippen molar-refractivity contribution in [1.82, 2.24) is 15.5 Å². The molecule has 2 aliphatic heterocycles. The van der Waals surface area contributed by atoms with Gasteiger partial charge in [-0.1, -0.05) is 30.3 Å². The average Bonchev–Trinajstić information content (AvgIpc) is 2.76. The van der Waals surface area contributed by atoms with Crippen LogP contribution in [0.3, 0.4) is 0 Å². The molecule has 0 aliphatic carbocycles. The van der Waals surface area contributed by atoms with Gasteiger partial charge in [-0.25, -0.2) is 4.79 Å². The minimum Gasteiger partial charge on any atom is -0.395 e. The van der Waals surface area contributed by atoms with Gasteiger partial charge in [-0.05, 0) is 5.56 Å². The third-order valence-electron chi connectivity index (χ3n) is 3.52. The molecule has 20 heavy (non-hydrogen) atoms. The van der Waals surface area contributed by atoms with Gasteiger partial charge < -0.3 is 20.6 Å². The summed E-state index contributed by atoms with van der Waals surface area (Å²) in [5.41, 5.74) is 2.05. The first-order valence-electron chi connectivity index (χ1n) is 6.46. The van der Waals surface area contributed by atoms with E-state index in [0.29, 0.717) is 17.8 Å². The molecule has 0 unspecified atom stereocenters. The number of β-amino-alcohol motifs (C(OH)–C–C–N with tert-alkyl or cyclic N) is 1. The van der Waals surface area contributed by atoms with E-state index in [2.05, 4.69) is 10.6 Å². The number of aliphatic hydroxyl groups is 1. The van der Waals surface area contributed by atoms with Crippen molar-refractivity contribution in [3.63, 3.8) is 0 Å². The SMILES string of the molecule is O=C1NC2=C(C(=O)N(CCO)C2)[C@@H](c2ccccc2)N1. The number of nitrogens with zero attached hydrogens (tertiary/aromatic N) is 1. The number of rotatable bonds is 3. The van der Waals surface area contributed by atoms with E-state index < -0.39 is 6.04 Å². The minimum atomic E-state index is -0.434. The summed E-state index contributed by atoms with van der Waals surface area (Å²) in [6, 6.07) is 8.64. The molecule has 3 amide bonds. The van der Waals surface area contributed by atoms with Gasteiger partial charge in [-0.2, -0.15) is 0 Å². The zero-order valence-corrected chi connectivity index (χ0v) is 10.8. The number of urea groups is 1. The standard InChI is InChI=1S/C14H15N3O3/c18-7-6-17-8-10-11(13(17)19)12(16-14(20)15-10)9-4-2-1-3-5-9/h1-5,12,18H,6-8H2,(H2,15,16,20)/t12-/m1/s1. The first-order chi connectivity index (χ1) is 9.70. The topological polar surface area (TPSA) is 81.7 Å². The Bertz CT molecular complexity index is 583. The Balaban J connectivity index is 1.97. The van der Waals surface area contributed by atoms with Gasteiger partial charge in [0.05, 0.1) is 30.5 Å². The number of benzene rings is 1. The van der Waals surface area contributed by atoms with Crippen LogP contribution < -0.4 is 10.6 Å². The van der Waals surface area contributed by atoms with E-state index in [9.17, 15) is 9.59 Å². The quantitative estimate of drug-likeness (QED) is 0.732. The summed E-state index contributed by atoms with van der Waals surface area (Å²) in [5, 5.41) is 14.5. The molecular formula is C14H15N3O3. The van der Waals surface area contributed by atoms with Crippen molar-refractivity contribution < 1.29 is 14.7 Å². The molecule has 2 aliphatic rings. The van der Waals surface area contributed by atoms with E-state index in [-0.39, 0.29) is 25.1 Å². The smallest absolute Gasteiger partial charge is 0.319 e. The number of nitrogens with one attached hydrogen (secondary N) is 2. The summed E-state index contributed by atoms with van der Waals surface area (Å²) < 4.78 is 0. The second-order valence-electron chi connectivity index (χ2n) is 4.78. The average molecular weight is 273 g/mol. The molecule has 1 aromatic rings. The van der Waals surface area contributed by atoms with Crippen molar-refractivity contribution in [1.29, 1.82) is 0 Å². The Morgan fingerprint density at radius 3 is 2.70 bits per heavy atom. The highest BCUT2D eigenvalue weighted by Gasteiger charge is 2.39. The predicted molar refractivity (Wildman–Crippen MR) is 71.5 cm³/mol. The van der Waals surface area contributed by atoms with Gasteiger partial charge >= 0.3 is 6.03 Å². The van der Waals surface area contributed by atoms with Gasteiger partial charge in [-0.15, -0.1) is 0 Å². The Morgan fingerprint density at radius 2 is 2.00 bits per heavy atom. The van der Waals surface area contributed by atoms with Crippen LogP contribution in [0.2, 0.25) is 0 Å². The van der Waals surface area contributed by atoms with Crippen molar-refractivity contribution >= 4 is 11.9 Å². The maximum atomic E-state index is 12.4. The summed E-state index contributed by atoms with van der Waals surface area (Å²) in [4.78, 5) is 25.6. The number of carbonyl (C=O) groups excluding carboxylic acids is 2. The molecule has 0 bridgehead atoms. The minimum absolute atomic E-state index is 0.0936. The molecule has 1 atom stereocenters. The molecule has 104 valence electrons. The lowest BCUT2D eigenvalue weighted by atomic mass is 9.96. The third-order valence-corrected chi connectivity index (χ3v) is 3.52. The van der Waals surface area contributed by atoms with Gasteiger partial charge in [-0.3, -0.25) is 4.79 Å². The summed E-state index contributed by atoms with van der Waals surface area (Å²) in [6.07, 6.45) is 0. The second-order valence-corrected chi connectivity index (χ2v) is 4.78. The monoisotopic (exact) mass is 273 g/mol. The molecule has 0 saturated carbocycles. The van der Waals surface area contributed by atoms with E-state index >= 15 is 0 Å². The van der Waals surface area contributed by atoms with E-state index in [0.717, 1.165) is 5.56 Å². The first kappa shape index (κ1) is 12.7. The molecule has 0 radical (unpaired) electrons. The van der Waals surface area contributed by atoms with Crippen molar-refractivity contribution in [2.45, 2.75) is 6.04 Å². The molecule has 0 aromatic heterocycles. The van der Waals surface area contributed by atoms with Gasteiger partial charge in [0.1, 0.15) is 0 Å². The second kappa shape index (κ2) is 4.97. The molecule has 1 aromatic carbocycles. The van der Waals surface area contributed by atoms with Gasteiger partial charge in [0.2, 0.25) is 0 Å². The van der Waals surface area contributed by atoms with Crippen LogP contribution in [0.25, 0.3) is 0 Å². The first-order valence-corrected chi connectivity index (χ1v) is 6.46. The number of hydrogen-bond donors (Lipinski definition) is 3. The Labute approximate surface area is 116 Å². The molecule has 6 heteroatoms. The lowest BCUT2D eigenvalue weighted by Crippen LogP contribution is -2.44. The summed E-state index contributed by atoms with van der Waals surface area (Å²) in [7, 11) is 0. The van der Waals surface area contributed by atoms with Crippen molar-refractivity contribution in [3.05, 3.63) is 47.2 Å². The van der Waals surface area contributed by atoms with E-state index in [1.165, 1.54) is 4.90 Å². The zero-order chi connectivity index (χ0) is 14.1. The van der Waals surface area contributed by atoms with Gasteiger partial charge in [0, 0.05) is 6.54 Å². The summed E-state index contributed by atoms with van der Waals surface area (Å²) in [5.74, 6) is -0.143. The molecule has 6 nitrogen and oxygen atoms in total. The summed E-state index contributed by atoms with van der Waals surface area (Å²) in [6.45, 7) is 0.512. The predicted octanol–water partition coefficient (Wildman–Crippen LogP) is 0.129. The van der Waals surface area contributed by atoms with E-state index in [1.54, 1.807) is 0 Å². The normalized spacial score (nSPS) is 21.6. The Morgan fingerprint density at radius 1 is 1.25 bits per heavy atom. The van der Waals surface area contributed by atoms with E-state index in [1.807, 2.05) is 30.3 Å². The molecular weight excluding hydrogens is 258 g/mol. The zero-order valence-electron chi connectivity index (χ0n) is 10.8. The lowest BCUT2D eigenvalue weighted by Gasteiger charge is -2.25. The van der Waals surface area contributed by atoms with Crippen molar-refractivity contribution in [2.75, 3.05) is 19.7 Å². The Hall–Kier alpha value is -2.34. The van der Waals surface area contributed by atoms with E-state index in [4.69, 9.17) is 5.11 Å². The highest BCUT2D eigenvalue weighted by molar-refractivity contribution is 6.01. The van der Waals surface area contributed by atoms with Crippen LogP contribution in [0.5, 0.6) is 0 Å². The fourth-order valence-electron chi connectivity index (χ4n) is 2.63. The molecule has 3 rings (SSSR count). The molecule has 0 spiro atoms. The van der Waals surface area contributed by atoms with Crippen molar-refractivity contribution in [3.8, 4) is 0 Å². The number of aliphatic hydroxyl groups excluding tert-OH is 1. The maximum absolute atomic E-state index is 12.4. The van der Waals surface area contributed by atoms with Crippen LogP contribution in [-0.2, 0) is 4.79 Å². The number of hydrogen-bond acceptors (Lipinski definition) is 3. The van der Waals surface area contributed by atoms with Crippen LogP contribution in [0.1, 0.15) is 11.6 Å². The van der Waals surface area contributed by atoms with Crippen LogP contribution in [0, 0.1) is 0 Å². The molecule has 0 saturated heterocycles. The molecule has 2 heterocycles. The summed E-state index contributed by atoms with van der Waals surface area (Å²) >= 11 is 0. The molecule has 3 N–H and O–H groups in total. The van der Waals surface area contributed by atoms with Crippen LogP contribution in [-0.4, -0.2) is 41.6 Å². The highest BCUT2D eigenvalue weighted by Crippen LogP contribution is 2.31. The van der Waals surface area contributed by atoms with Crippen LogP contribution in [0.15, 0.2) is 41.6 Å². The highest BCUT2D eigenvalue weighted by atomic mass is 16.3. The third kappa shape index (κ3) is 2.04.